The van der Waals surface area contributed by atoms with Crippen LogP contribution in [0.25, 0.3) is 0 Å². The fraction of sp³-hybridized carbons (Fsp3) is 0.294. The fourth-order valence-electron chi connectivity index (χ4n) is 2.30. The molecule has 0 amide bonds. The molecule has 0 spiro atoms. The molecular formula is C17H19ClO. The molecule has 0 bridgehead atoms. The van der Waals surface area contributed by atoms with E-state index >= 15 is 0 Å². The first-order valence-electron chi connectivity index (χ1n) is 6.44. The highest BCUT2D eigenvalue weighted by atomic mass is 35.5. The smallest absolute Gasteiger partial charge is 0.125 e. The Balaban J connectivity index is 2.16. The van der Waals surface area contributed by atoms with Gasteiger partial charge in [0, 0.05) is 5.88 Å². The Bertz CT molecular complexity index is 552. The van der Waals surface area contributed by atoms with Crippen LogP contribution in [0.4, 0.5) is 0 Å². The normalized spacial score (nSPS) is 10.5. The molecule has 0 radical (unpaired) electrons. The molecule has 2 aromatic rings. The zero-order valence-electron chi connectivity index (χ0n) is 11.7. The Morgan fingerprint density at radius 3 is 2.21 bits per heavy atom. The number of benzene rings is 2. The highest BCUT2D eigenvalue weighted by molar-refractivity contribution is 6.17. The lowest BCUT2D eigenvalue weighted by molar-refractivity contribution is 0.302. The van der Waals surface area contributed by atoms with Gasteiger partial charge in [-0.15, -0.1) is 11.6 Å². The van der Waals surface area contributed by atoms with Crippen molar-refractivity contribution in [3.63, 3.8) is 0 Å². The predicted molar refractivity (Wildman–Crippen MR) is 81.0 cm³/mol. The topological polar surface area (TPSA) is 9.23 Å². The van der Waals surface area contributed by atoms with Gasteiger partial charge in [0.15, 0.2) is 0 Å². The van der Waals surface area contributed by atoms with E-state index in [-0.39, 0.29) is 0 Å². The van der Waals surface area contributed by atoms with E-state index in [0.717, 1.165) is 22.4 Å². The Kier molecular flexibility index (Phi) is 4.49. The van der Waals surface area contributed by atoms with Crippen molar-refractivity contribution in [2.24, 2.45) is 0 Å². The molecule has 0 saturated carbocycles. The van der Waals surface area contributed by atoms with E-state index in [1.54, 1.807) is 0 Å². The lowest BCUT2D eigenvalue weighted by atomic mass is 10.1. The van der Waals surface area contributed by atoms with Gasteiger partial charge in [-0.25, -0.2) is 0 Å². The van der Waals surface area contributed by atoms with Crippen molar-refractivity contribution < 1.29 is 4.74 Å². The first kappa shape index (κ1) is 14.0. The van der Waals surface area contributed by atoms with E-state index in [4.69, 9.17) is 16.3 Å². The van der Waals surface area contributed by atoms with E-state index in [0.29, 0.717) is 12.5 Å². The van der Waals surface area contributed by atoms with Gasteiger partial charge in [-0.1, -0.05) is 42.0 Å². The van der Waals surface area contributed by atoms with Crippen molar-refractivity contribution >= 4 is 11.6 Å². The largest absolute Gasteiger partial charge is 0.488 e. The van der Waals surface area contributed by atoms with Crippen LogP contribution in [0, 0.1) is 20.8 Å². The van der Waals surface area contributed by atoms with E-state index in [1.165, 1.54) is 11.1 Å². The first-order chi connectivity index (χ1) is 9.10. The number of aryl methyl sites for hydroxylation is 3. The highest BCUT2D eigenvalue weighted by Crippen LogP contribution is 2.26. The van der Waals surface area contributed by atoms with Crippen molar-refractivity contribution in [3.05, 3.63) is 64.2 Å². The second-order valence-corrected chi connectivity index (χ2v) is 5.24. The fourth-order valence-corrected chi connectivity index (χ4v) is 2.46. The van der Waals surface area contributed by atoms with Gasteiger partial charge in [0.1, 0.15) is 12.4 Å². The minimum atomic E-state index is 0.542. The molecule has 0 unspecified atom stereocenters. The molecule has 1 nitrogen and oxygen atoms in total. The van der Waals surface area contributed by atoms with Crippen molar-refractivity contribution in [1.29, 1.82) is 0 Å². The third-order valence-electron chi connectivity index (χ3n) is 3.14. The number of ether oxygens (including phenoxy) is 1. The van der Waals surface area contributed by atoms with Gasteiger partial charge in [0.25, 0.3) is 0 Å². The van der Waals surface area contributed by atoms with Gasteiger partial charge in [-0.2, -0.15) is 0 Å². The SMILES string of the molecule is Cc1cccc(COc2c(C)cc(CCl)cc2C)c1. The third kappa shape index (κ3) is 3.51. The Morgan fingerprint density at radius 1 is 0.947 bits per heavy atom. The van der Waals surface area contributed by atoms with Crippen LogP contribution in [-0.2, 0) is 12.5 Å². The lowest BCUT2D eigenvalue weighted by Crippen LogP contribution is -2.00. The zero-order chi connectivity index (χ0) is 13.8. The molecule has 100 valence electrons. The lowest BCUT2D eigenvalue weighted by Gasteiger charge is -2.13. The number of halogens is 1. The second-order valence-electron chi connectivity index (χ2n) is 4.97. The van der Waals surface area contributed by atoms with Crippen LogP contribution in [0.15, 0.2) is 36.4 Å². The Morgan fingerprint density at radius 2 is 1.63 bits per heavy atom. The molecule has 0 aromatic heterocycles. The van der Waals surface area contributed by atoms with Gasteiger partial charge in [-0.3, -0.25) is 0 Å². The molecule has 19 heavy (non-hydrogen) atoms. The summed E-state index contributed by atoms with van der Waals surface area (Å²) in [6, 6.07) is 12.6. The third-order valence-corrected chi connectivity index (χ3v) is 3.45. The molecule has 0 fully saturated rings. The van der Waals surface area contributed by atoms with Crippen LogP contribution >= 0.6 is 11.6 Å². The minimum absolute atomic E-state index is 0.542. The molecule has 0 saturated heterocycles. The van der Waals surface area contributed by atoms with Gasteiger partial charge < -0.3 is 4.74 Å². The molecule has 0 aliphatic carbocycles. The summed E-state index contributed by atoms with van der Waals surface area (Å²) in [4.78, 5) is 0. The molecular weight excluding hydrogens is 256 g/mol. The maximum atomic E-state index is 5.97. The first-order valence-corrected chi connectivity index (χ1v) is 6.98. The summed E-state index contributed by atoms with van der Waals surface area (Å²) >= 11 is 5.87. The number of rotatable bonds is 4. The van der Waals surface area contributed by atoms with Crippen molar-refractivity contribution in [2.75, 3.05) is 0 Å². The summed E-state index contributed by atoms with van der Waals surface area (Å²) in [6.45, 7) is 6.82. The summed E-state index contributed by atoms with van der Waals surface area (Å²) in [5.74, 6) is 1.51. The second kappa shape index (κ2) is 6.12. The molecule has 0 N–H and O–H groups in total. The zero-order valence-corrected chi connectivity index (χ0v) is 12.4. The van der Waals surface area contributed by atoms with E-state index in [9.17, 15) is 0 Å². The predicted octanol–water partition coefficient (Wildman–Crippen LogP) is 4.93. The molecule has 0 heterocycles. The summed E-state index contributed by atoms with van der Waals surface area (Å²) in [5, 5.41) is 0. The molecule has 0 aliphatic rings. The summed E-state index contributed by atoms with van der Waals surface area (Å²) in [5.41, 5.74) is 5.87. The average Bonchev–Trinajstić information content (AvgIpc) is 2.37. The quantitative estimate of drug-likeness (QED) is 0.719. The molecule has 2 heteroatoms. The Labute approximate surface area is 120 Å². The van der Waals surface area contributed by atoms with E-state index in [1.807, 2.05) is 0 Å². The highest BCUT2D eigenvalue weighted by Gasteiger charge is 2.06. The number of alkyl halides is 1. The van der Waals surface area contributed by atoms with Gasteiger partial charge >= 0.3 is 0 Å². The standard InChI is InChI=1S/C17H19ClO/c1-12-5-4-6-15(7-12)11-19-17-13(2)8-16(10-18)9-14(17)3/h4-9H,10-11H2,1-3H3. The molecule has 0 aliphatic heterocycles. The van der Waals surface area contributed by atoms with Gasteiger partial charge in [0.05, 0.1) is 0 Å². The van der Waals surface area contributed by atoms with Crippen LogP contribution in [0.5, 0.6) is 5.75 Å². The average molecular weight is 275 g/mol. The van der Waals surface area contributed by atoms with Gasteiger partial charge in [-0.05, 0) is 43.0 Å². The molecule has 2 aromatic carbocycles. The number of hydrogen-bond donors (Lipinski definition) is 0. The Hall–Kier alpha value is -1.47. The maximum Gasteiger partial charge on any atom is 0.125 e. The van der Waals surface area contributed by atoms with Crippen molar-refractivity contribution in [2.45, 2.75) is 33.3 Å². The van der Waals surface area contributed by atoms with Crippen molar-refractivity contribution in [1.82, 2.24) is 0 Å². The monoisotopic (exact) mass is 274 g/mol. The van der Waals surface area contributed by atoms with E-state index < -0.39 is 0 Å². The molecule has 0 atom stereocenters. The van der Waals surface area contributed by atoms with Crippen LogP contribution in [-0.4, -0.2) is 0 Å². The van der Waals surface area contributed by atoms with E-state index in [2.05, 4.69) is 57.2 Å². The maximum absolute atomic E-state index is 5.97. The summed E-state index contributed by atoms with van der Waals surface area (Å²) in [7, 11) is 0. The van der Waals surface area contributed by atoms with Crippen LogP contribution in [0.1, 0.15) is 27.8 Å². The summed E-state index contributed by atoms with van der Waals surface area (Å²) < 4.78 is 5.97. The van der Waals surface area contributed by atoms with Crippen LogP contribution < -0.4 is 4.74 Å². The minimum Gasteiger partial charge on any atom is -0.488 e. The summed E-state index contributed by atoms with van der Waals surface area (Å²) in [6.07, 6.45) is 0. The van der Waals surface area contributed by atoms with Gasteiger partial charge in [0.2, 0.25) is 0 Å². The van der Waals surface area contributed by atoms with Crippen LogP contribution in [0.2, 0.25) is 0 Å². The van der Waals surface area contributed by atoms with Crippen LogP contribution in [0.3, 0.4) is 0 Å². The number of hydrogen-bond acceptors (Lipinski definition) is 1. The molecule has 2 rings (SSSR count). The van der Waals surface area contributed by atoms with Crippen molar-refractivity contribution in [3.8, 4) is 5.75 Å².